The molecule has 0 aromatic carbocycles. The predicted octanol–water partition coefficient (Wildman–Crippen LogP) is 0.126. The van der Waals surface area contributed by atoms with Crippen molar-refractivity contribution in [2.75, 3.05) is 19.8 Å². The topological polar surface area (TPSA) is 52.0 Å². The van der Waals surface area contributed by atoms with Gasteiger partial charge in [-0.25, -0.2) is 4.98 Å². The van der Waals surface area contributed by atoms with Crippen molar-refractivity contribution in [3.63, 3.8) is 0 Å². The number of nitrogens with zero attached hydrogens (tertiary/aromatic N) is 3. The molecule has 1 aromatic rings. The molecule has 1 saturated heterocycles. The third-order valence-electron chi connectivity index (χ3n) is 2.59. The second-order valence-electron chi connectivity index (χ2n) is 3.95. The highest BCUT2D eigenvalue weighted by Crippen LogP contribution is 2.05. The average Bonchev–Trinajstić information content (AvgIpc) is 2.66. The fourth-order valence-corrected chi connectivity index (χ4v) is 1.79. The first-order valence-corrected chi connectivity index (χ1v) is 5.50. The number of aromatic nitrogens is 3. The van der Waals surface area contributed by atoms with E-state index in [1.807, 2.05) is 7.05 Å². The van der Waals surface area contributed by atoms with E-state index < -0.39 is 0 Å². The van der Waals surface area contributed by atoms with Crippen molar-refractivity contribution in [3.05, 3.63) is 12.2 Å². The first-order valence-electron chi connectivity index (χ1n) is 5.50. The van der Waals surface area contributed by atoms with Gasteiger partial charge < -0.3 is 10.1 Å². The summed E-state index contributed by atoms with van der Waals surface area (Å²) in [5.41, 5.74) is 0. The molecule has 0 radical (unpaired) electrons. The zero-order chi connectivity index (χ0) is 10.5. The molecule has 0 spiro atoms. The molecule has 2 rings (SSSR count). The van der Waals surface area contributed by atoms with Gasteiger partial charge in [0.1, 0.15) is 6.33 Å². The van der Waals surface area contributed by atoms with E-state index in [-0.39, 0.29) is 0 Å². The lowest BCUT2D eigenvalue weighted by Gasteiger charge is -2.22. The van der Waals surface area contributed by atoms with Crippen LogP contribution in [0.5, 0.6) is 0 Å². The van der Waals surface area contributed by atoms with Crippen LogP contribution >= 0.6 is 0 Å². The zero-order valence-corrected chi connectivity index (χ0v) is 9.15. The molecule has 1 unspecified atom stereocenters. The van der Waals surface area contributed by atoms with Crippen LogP contribution in [0.3, 0.4) is 0 Å². The smallest absolute Gasteiger partial charge is 0.151 e. The quantitative estimate of drug-likeness (QED) is 0.767. The minimum absolute atomic E-state index is 0.516. The van der Waals surface area contributed by atoms with Crippen molar-refractivity contribution in [3.8, 4) is 0 Å². The molecule has 5 nitrogen and oxygen atoms in total. The summed E-state index contributed by atoms with van der Waals surface area (Å²) in [4.78, 5) is 4.18. The maximum atomic E-state index is 5.39. The van der Waals surface area contributed by atoms with Gasteiger partial charge in [0.05, 0.1) is 6.61 Å². The lowest BCUT2D eigenvalue weighted by molar-refractivity contribution is 0.0707. The standard InChI is InChI=1S/C10H18N4O/c1-14-8-12-10(13-14)4-5-11-9-3-2-6-15-7-9/h8-9,11H,2-7H2,1H3. The van der Waals surface area contributed by atoms with Crippen molar-refractivity contribution in [2.24, 2.45) is 7.05 Å². The Morgan fingerprint density at radius 2 is 2.60 bits per heavy atom. The minimum Gasteiger partial charge on any atom is -0.380 e. The lowest BCUT2D eigenvalue weighted by atomic mass is 10.1. The SMILES string of the molecule is Cn1cnc(CCNC2CCCOC2)n1. The van der Waals surface area contributed by atoms with E-state index in [1.54, 1.807) is 11.0 Å². The van der Waals surface area contributed by atoms with Gasteiger partial charge in [-0.05, 0) is 12.8 Å². The van der Waals surface area contributed by atoms with E-state index in [4.69, 9.17) is 4.74 Å². The molecular formula is C10H18N4O. The van der Waals surface area contributed by atoms with Gasteiger partial charge in [-0.2, -0.15) is 5.10 Å². The zero-order valence-electron chi connectivity index (χ0n) is 9.15. The Balaban J connectivity index is 1.65. The first kappa shape index (κ1) is 10.6. The lowest BCUT2D eigenvalue weighted by Crippen LogP contribution is -2.37. The molecule has 0 bridgehead atoms. The van der Waals surface area contributed by atoms with Gasteiger partial charge in [-0.1, -0.05) is 0 Å². The monoisotopic (exact) mass is 210 g/mol. The van der Waals surface area contributed by atoms with Crippen molar-refractivity contribution in [2.45, 2.75) is 25.3 Å². The van der Waals surface area contributed by atoms with E-state index in [0.717, 1.165) is 32.0 Å². The Bertz CT molecular complexity index is 293. The molecule has 0 amide bonds. The molecule has 0 aliphatic carbocycles. The maximum Gasteiger partial charge on any atom is 0.151 e. The fourth-order valence-electron chi connectivity index (χ4n) is 1.79. The van der Waals surface area contributed by atoms with Gasteiger partial charge in [0.25, 0.3) is 0 Å². The Kier molecular flexibility index (Phi) is 3.69. The van der Waals surface area contributed by atoms with Crippen LogP contribution in [0.2, 0.25) is 0 Å². The maximum absolute atomic E-state index is 5.39. The first-order chi connectivity index (χ1) is 7.34. The van der Waals surface area contributed by atoms with E-state index in [2.05, 4.69) is 15.4 Å². The van der Waals surface area contributed by atoms with Crippen LogP contribution in [0, 0.1) is 0 Å². The molecule has 0 saturated carbocycles. The van der Waals surface area contributed by atoms with Gasteiger partial charge in [-0.15, -0.1) is 0 Å². The largest absolute Gasteiger partial charge is 0.380 e. The van der Waals surface area contributed by atoms with Gasteiger partial charge in [0, 0.05) is 32.7 Å². The highest BCUT2D eigenvalue weighted by atomic mass is 16.5. The summed E-state index contributed by atoms with van der Waals surface area (Å²) in [7, 11) is 1.89. The number of rotatable bonds is 4. The summed E-state index contributed by atoms with van der Waals surface area (Å²) < 4.78 is 7.13. The Hall–Kier alpha value is -0.940. The van der Waals surface area contributed by atoms with Crippen LogP contribution in [0.15, 0.2) is 6.33 Å². The van der Waals surface area contributed by atoms with Crippen LogP contribution < -0.4 is 5.32 Å². The molecule has 84 valence electrons. The van der Waals surface area contributed by atoms with Gasteiger partial charge in [-0.3, -0.25) is 4.68 Å². The third-order valence-corrected chi connectivity index (χ3v) is 2.59. The summed E-state index contributed by atoms with van der Waals surface area (Å²) in [5, 5.41) is 7.69. The number of hydrogen-bond acceptors (Lipinski definition) is 4. The molecule has 1 aliphatic rings. The second kappa shape index (κ2) is 5.23. The predicted molar refractivity (Wildman–Crippen MR) is 56.6 cm³/mol. The van der Waals surface area contributed by atoms with E-state index >= 15 is 0 Å². The van der Waals surface area contributed by atoms with Crippen molar-refractivity contribution < 1.29 is 4.74 Å². The molecule has 5 heteroatoms. The second-order valence-corrected chi connectivity index (χ2v) is 3.95. The molecule has 1 aromatic heterocycles. The summed E-state index contributed by atoms with van der Waals surface area (Å²) in [6.07, 6.45) is 5.01. The molecule has 1 N–H and O–H groups in total. The van der Waals surface area contributed by atoms with Crippen molar-refractivity contribution in [1.29, 1.82) is 0 Å². The minimum atomic E-state index is 0.516. The van der Waals surface area contributed by atoms with Gasteiger partial charge in [0.15, 0.2) is 5.82 Å². The van der Waals surface area contributed by atoms with Crippen LogP contribution in [0.4, 0.5) is 0 Å². The summed E-state index contributed by atoms with van der Waals surface area (Å²) >= 11 is 0. The van der Waals surface area contributed by atoms with Crippen LogP contribution in [0.25, 0.3) is 0 Å². The fraction of sp³-hybridized carbons (Fsp3) is 0.800. The Morgan fingerprint density at radius 1 is 1.67 bits per heavy atom. The van der Waals surface area contributed by atoms with Crippen molar-refractivity contribution >= 4 is 0 Å². The molecule has 1 atom stereocenters. The molecule has 1 aliphatic heterocycles. The molecule has 2 heterocycles. The Labute approximate surface area is 89.8 Å². The molecular weight excluding hydrogens is 192 g/mol. The Morgan fingerprint density at radius 3 is 3.27 bits per heavy atom. The van der Waals surface area contributed by atoms with Gasteiger partial charge in [0.2, 0.25) is 0 Å². The average molecular weight is 210 g/mol. The van der Waals surface area contributed by atoms with E-state index in [9.17, 15) is 0 Å². The highest BCUT2D eigenvalue weighted by Gasteiger charge is 2.12. The summed E-state index contributed by atoms with van der Waals surface area (Å²) in [6.45, 7) is 2.69. The summed E-state index contributed by atoms with van der Waals surface area (Å²) in [5.74, 6) is 0.904. The van der Waals surface area contributed by atoms with E-state index in [1.165, 1.54) is 12.8 Å². The third kappa shape index (κ3) is 3.28. The number of hydrogen-bond donors (Lipinski definition) is 1. The molecule has 1 fully saturated rings. The summed E-state index contributed by atoms with van der Waals surface area (Å²) in [6, 6.07) is 0.516. The van der Waals surface area contributed by atoms with E-state index in [0.29, 0.717) is 6.04 Å². The number of nitrogens with one attached hydrogen (secondary N) is 1. The van der Waals surface area contributed by atoms with Crippen LogP contribution in [-0.2, 0) is 18.2 Å². The molecule has 15 heavy (non-hydrogen) atoms. The van der Waals surface area contributed by atoms with Crippen LogP contribution in [-0.4, -0.2) is 40.6 Å². The highest BCUT2D eigenvalue weighted by molar-refractivity contribution is 4.83. The normalized spacial score (nSPS) is 21.8. The van der Waals surface area contributed by atoms with Gasteiger partial charge >= 0.3 is 0 Å². The number of ether oxygens (including phenoxy) is 1. The number of aryl methyl sites for hydroxylation is 1. The van der Waals surface area contributed by atoms with Crippen LogP contribution in [0.1, 0.15) is 18.7 Å². The van der Waals surface area contributed by atoms with Crippen molar-refractivity contribution in [1.82, 2.24) is 20.1 Å².